The van der Waals surface area contributed by atoms with Crippen molar-refractivity contribution in [2.45, 2.75) is 12.8 Å². The molecule has 0 saturated heterocycles. The minimum absolute atomic E-state index is 0.295. The molecule has 0 spiro atoms. The summed E-state index contributed by atoms with van der Waals surface area (Å²) in [5.41, 5.74) is 7.94. The van der Waals surface area contributed by atoms with E-state index in [0.717, 1.165) is 18.5 Å². The number of para-hydroxylation sites is 1. The molecule has 2 aromatic rings. The zero-order chi connectivity index (χ0) is 14.2. The highest BCUT2D eigenvalue weighted by atomic mass is 16.3. The van der Waals surface area contributed by atoms with E-state index in [2.05, 4.69) is 10.3 Å². The SMILES string of the molecule is NC(=NCCCc1ccc(O)cc1)Nc1ccccc1. The first-order valence-corrected chi connectivity index (χ1v) is 6.64. The molecule has 2 aromatic carbocycles. The van der Waals surface area contributed by atoms with Crippen molar-refractivity contribution in [1.29, 1.82) is 0 Å². The predicted molar refractivity (Wildman–Crippen MR) is 83.0 cm³/mol. The zero-order valence-electron chi connectivity index (χ0n) is 11.3. The highest BCUT2D eigenvalue weighted by Crippen LogP contribution is 2.11. The molecule has 0 radical (unpaired) electrons. The number of nitrogens with two attached hydrogens (primary N) is 1. The number of phenols is 1. The van der Waals surface area contributed by atoms with Gasteiger partial charge in [0.1, 0.15) is 5.75 Å². The van der Waals surface area contributed by atoms with Gasteiger partial charge in [-0.2, -0.15) is 0 Å². The number of nitrogens with one attached hydrogen (secondary N) is 1. The Morgan fingerprint density at radius 1 is 1.05 bits per heavy atom. The summed E-state index contributed by atoms with van der Waals surface area (Å²) in [5, 5.41) is 12.2. The fourth-order valence-corrected chi connectivity index (χ4v) is 1.85. The molecule has 0 atom stereocenters. The molecule has 0 aromatic heterocycles. The Morgan fingerprint density at radius 2 is 1.75 bits per heavy atom. The first kappa shape index (κ1) is 13.9. The standard InChI is InChI=1S/C16H19N3O/c17-16(19-14-6-2-1-3-7-14)18-12-4-5-13-8-10-15(20)11-9-13/h1-3,6-11,20H,4-5,12H2,(H3,17,18,19). The summed E-state index contributed by atoms with van der Waals surface area (Å²) in [7, 11) is 0. The fourth-order valence-electron chi connectivity index (χ4n) is 1.85. The van der Waals surface area contributed by atoms with Gasteiger partial charge in [-0.05, 0) is 42.7 Å². The highest BCUT2D eigenvalue weighted by molar-refractivity contribution is 5.92. The Labute approximate surface area is 119 Å². The van der Waals surface area contributed by atoms with Crippen molar-refractivity contribution in [3.8, 4) is 5.75 Å². The van der Waals surface area contributed by atoms with Crippen molar-refractivity contribution in [2.24, 2.45) is 10.7 Å². The lowest BCUT2D eigenvalue weighted by Crippen LogP contribution is -2.22. The van der Waals surface area contributed by atoms with Crippen molar-refractivity contribution >= 4 is 11.6 Å². The van der Waals surface area contributed by atoms with Crippen LogP contribution in [-0.2, 0) is 6.42 Å². The van der Waals surface area contributed by atoms with Crippen LogP contribution in [0.4, 0.5) is 5.69 Å². The number of guanidine groups is 1. The van der Waals surface area contributed by atoms with Crippen molar-refractivity contribution in [2.75, 3.05) is 11.9 Å². The Kier molecular flexibility index (Phi) is 5.00. The number of aromatic hydroxyl groups is 1. The average molecular weight is 269 g/mol. The molecule has 0 aliphatic rings. The van der Waals surface area contributed by atoms with Crippen LogP contribution in [0.1, 0.15) is 12.0 Å². The third-order valence-corrected chi connectivity index (χ3v) is 2.89. The molecular weight excluding hydrogens is 250 g/mol. The number of aliphatic imine (C=N–C) groups is 1. The second-order valence-electron chi connectivity index (χ2n) is 4.53. The number of rotatable bonds is 5. The van der Waals surface area contributed by atoms with Gasteiger partial charge in [-0.1, -0.05) is 30.3 Å². The zero-order valence-corrected chi connectivity index (χ0v) is 11.3. The maximum absolute atomic E-state index is 9.19. The highest BCUT2D eigenvalue weighted by Gasteiger charge is 1.95. The fraction of sp³-hybridized carbons (Fsp3) is 0.188. The van der Waals surface area contributed by atoms with Crippen LogP contribution in [0.25, 0.3) is 0 Å². The van der Waals surface area contributed by atoms with E-state index in [1.165, 1.54) is 5.56 Å². The largest absolute Gasteiger partial charge is 0.508 e. The number of hydrogen-bond donors (Lipinski definition) is 3. The van der Waals surface area contributed by atoms with Crippen LogP contribution < -0.4 is 11.1 Å². The van der Waals surface area contributed by atoms with Crippen LogP contribution in [0.5, 0.6) is 5.75 Å². The average Bonchev–Trinajstić information content (AvgIpc) is 2.46. The smallest absolute Gasteiger partial charge is 0.193 e. The summed E-state index contributed by atoms with van der Waals surface area (Å²) in [6.45, 7) is 0.673. The van der Waals surface area contributed by atoms with Crippen molar-refractivity contribution in [3.05, 3.63) is 60.2 Å². The summed E-state index contributed by atoms with van der Waals surface area (Å²) in [6.07, 6.45) is 1.84. The van der Waals surface area contributed by atoms with Gasteiger partial charge in [0.25, 0.3) is 0 Å². The second-order valence-corrected chi connectivity index (χ2v) is 4.53. The lowest BCUT2D eigenvalue weighted by Gasteiger charge is -2.05. The number of benzene rings is 2. The van der Waals surface area contributed by atoms with E-state index in [9.17, 15) is 5.11 Å². The molecule has 0 fully saturated rings. The van der Waals surface area contributed by atoms with Crippen LogP contribution in [-0.4, -0.2) is 17.6 Å². The number of phenolic OH excluding ortho intramolecular Hbond substituents is 1. The van der Waals surface area contributed by atoms with Gasteiger partial charge in [-0.3, -0.25) is 4.99 Å². The van der Waals surface area contributed by atoms with Gasteiger partial charge in [0.2, 0.25) is 0 Å². The Bertz CT molecular complexity index is 550. The van der Waals surface area contributed by atoms with E-state index in [4.69, 9.17) is 5.73 Å². The lowest BCUT2D eigenvalue weighted by molar-refractivity contribution is 0.475. The second kappa shape index (κ2) is 7.19. The van der Waals surface area contributed by atoms with Crippen LogP contribution in [0.15, 0.2) is 59.6 Å². The van der Waals surface area contributed by atoms with Crippen LogP contribution in [0.3, 0.4) is 0 Å². The molecule has 0 aliphatic heterocycles. The van der Waals surface area contributed by atoms with E-state index in [1.54, 1.807) is 12.1 Å². The summed E-state index contributed by atoms with van der Waals surface area (Å²) >= 11 is 0. The number of anilines is 1. The van der Waals surface area contributed by atoms with Gasteiger partial charge < -0.3 is 16.2 Å². The Morgan fingerprint density at radius 3 is 2.45 bits per heavy atom. The van der Waals surface area contributed by atoms with E-state index >= 15 is 0 Å². The maximum atomic E-state index is 9.19. The van der Waals surface area contributed by atoms with Crippen LogP contribution >= 0.6 is 0 Å². The molecule has 0 unspecified atom stereocenters. The Hall–Kier alpha value is -2.49. The van der Waals surface area contributed by atoms with Crippen molar-refractivity contribution in [1.82, 2.24) is 0 Å². The molecule has 0 amide bonds. The predicted octanol–water partition coefficient (Wildman–Crippen LogP) is 2.75. The molecule has 0 saturated carbocycles. The monoisotopic (exact) mass is 269 g/mol. The minimum Gasteiger partial charge on any atom is -0.508 e. The van der Waals surface area contributed by atoms with Gasteiger partial charge in [0.15, 0.2) is 5.96 Å². The van der Waals surface area contributed by atoms with E-state index in [1.807, 2.05) is 42.5 Å². The van der Waals surface area contributed by atoms with Gasteiger partial charge >= 0.3 is 0 Å². The third kappa shape index (κ3) is 4.65. The topological polar surface area (TPSA) is 70.6 Å². The molecule has 2 rings (SSSR count). The van der Waals surface area contributed by atoms with E-state index < -0.39 is 0 Å². The minimum atomic E-state index is 0.295. The quantitative estimate of drug-likeness (QED) is 0.444. The van der Waals surface area contributed by atoms with E-state index in [-0.39, 0.29) is 0 Å². The number of aryl methyl sites for hydroxylation is 1. The van der Waals surface area contributed by atoms with Crippen LogP contribution in [0.2, 0.25) is 0 Å². The van der Waals surface area contributed by atoms with Crippen molar-refractivity contribution < 1.29 is 5.11 Å². The summed E-state index contributed by atoms with van der Waals surface area (Å²) in [4.78, 5) is 4.29. The molecule has 4 heteroatoms. The van der Waals surface area contributed by atoms with Gasteiger partial charge in [0.05, 0.1) is 0 Å². The van der Waals surface area contributed by atoms with Gasteiger partial charge in [-0.15, -0.1) is 0 Å². The molecule has 0 heterocycles. The third-order valence-electron chi connectivity index (χ3n) is 2.89. The van der Waals surface area contributed by atoms with Crippen molar-refractivity contribution in [3.63, 3.8) is 0 Å². The molecule has 4 N–H and O–H groups in total. The summed E-state index contributed by atoms with van der Waals surface area (Å²) in [5.74, 6) is 0.727. The molecular formula is C16H19N3O. The molecule has 0 bridgehead atoms. The summed E-state index contributed by atoms with van der Waals surface area (Å²) in [6, 6.07) is 17.0. The number of hydrogen-bond acceptors (Lipinski definition) is 2. The lowest BCUT2D eigenvalue weighted by atomic mass is 10.1. The normalized spacial score (nSPS) is 11.3. The molecule has 104 valence electrons. The number of nitrogens with zero attached hydrogens (tertiary/aromatic N) is 1. The first-order valence-electron chi connectivity index (χ1n) is 6.64. The van der Waals surface area contributed by atoms with Gasteiger partial charge in [0, 0.05) is 12.2 Å². The van der Waals surface area contributed by atoms with E-state index in [0.29, 0.717) is 18.3 Å². The van der Waals surface area contributed by atoms with Gasteiger partial charge in [-0.25, -0.2) is 0 Å². The molecule has 0 aliphatic carbocycles. The first-order chi connectivity index (χ1) is 9.74. The Balaban J connectivity index is 1.74. The maximum Gasteiger partial charge on any atom is 0.193 e. The summed E-state index contributed by atoms with van der Waals surface area (Å²) < 4.78 is 0. The molecule has 20 heavy (non-hydrogen) atoms. The molecule has 4 nitrogen and oxygen atoms in total. The van der Waals surface area contributed by atoms with Crippen LogP contribution in [0, 0.1) is 0 Å².